The third-order valence-corrected chi connectivity index (χ3v) is 2.40. The largest absolute Gasteiger partial charge is 0.0879 e. The van der Waals surface area contributed by atoms with Crippen LogP contribution in [0.5, 0.6) is 0 Å². The van der Waals surface area contributed by atoms with Gasteiger partial charge in [0.1, 0.15) is 0 Å². The zero-order valence-electron chi connectivity index (χ0n) is 5.59. The zero-order valence-corrected chi connectivity index (χ0v) is 5.59. The van der Waals surface area contributed by atoms with Crippen molar-refractivity contribution in [2.45, 2.75) is 19.3 Å². The molecule has 48 valence electrons. The van der Waals surface area contributed by atoms with Crippen LogP contribution in [-0.4, -0.2) is 0 Å². The smallest absolute Gasteiger partial charge is 0.00221 e. The Morgan fingerprint density at radius 3 is 2.89 bits per heavy atom. The molecule has 2 aliphatic rings. The molecule has 2 rings (SSSR count). The fourth-order valence-corrected chi connectivity index (χ4v) is 1.82. The normalized spacial score (nSPS) is 39.1. The van der Waals surface area contributed by atoms with Crippen molar-refractivity contribution in [3.63, 3.8) is 0 Å². The predicted octanol–water partition coefficient (Wildman–Crippen LogP) is 2.53. The van der Waals surface area contributed by atoms with E-state index in [4.69, 9.17) is 0 Å². The number of fused-ring (bicyclic) bond motifs is 1. The fourth-order valence-electron chi connectivity index (χ4n) is 1.82. The molecule has 0 aromatic heterocycles. The zero-order chi connectivity index (χ0) is 6.10. The van der Waals surface area contributed by atoms with E-state index in [9.17, 15) is 0 Å². The molecule has 0 nitrogen and oxygen atoms in total. The molecule has 0 heteroatoms. The number of allylic oxidation sites excluding steroid dienone is 4. The molecule has 0 fully saturated rings. The minimum atomic E-state index is 0.804. The Balaban J connectivity index is 2.17. The van der Waals surface area contributed by atoms with Crippen LogP contribution in [0.2, 0.25) is 0 Å². The SMILES string of the molecule is C1=CC2C=CCC2CC1. The molecule has 9 heavy (non-hydrogen) atoms. The van der Waals surface area contributed by atoms with Crippen LogP contribution in [-0.2, 0) is 0 Å². The molecule has 0 N–H and O–H groups in total. The van der Waals surface area contributed by atoms with Crippen LogP contribution in [0.25, 0.3) is 0 Å². The van der Waals surface area contributed by atoms with Crippen molar-refractivity contribution in [3.8, 4) is 0 Å². The molecular weight excluding hydrogens is 108 g/mol. The second-order valence-corrected chi connectivity index (χ2v) is 3.01. The van der Waals surface area contributed by atoms with E-state index in [-0.39, 0.29) is 0 Å². The average molecular weight is 120 g/mol. The van der Waals surface area contributed by atoms with Crippen molar-refractivity contribution in [3.05, 3.63) is 24.3 Å². The summed E-state index contributed by atoms with van der Waals surface area (Å²) in [5.74, 6) is 1.77. The summed E-state index contributed by atoms with van der Waals surface area (Å²) >= 11 is 0. The molecule has 0 heterocycles. The van der Waals surface area contributed by atoms with E-state index < -0.39 is 0 Å². The third kappa shape index (κ3) is 0.827. The Morgan fingerprint density at radius 2 is 2.00 bits per heavy atom. The van der Waals surface area contributed by atoms with Crippen molar-refractivity contribution in [2.24, 2.45) is 11.8 Å². The molecule has 0 aromatic rings. The molecule has 0 radical (unpaired) electrons. The highest BCUT2D eigenvalue weighted by molar-refractivity contribution is 5.12. The van der Waals surface area contributed by atoms with Gasteiger partial charge in [0, 0.05) is 0 Å². The van der Waals surface area contributed by atoms with Crippen LogP contribution in [0.15, 0.2) is 24.3 Å². The highest BCUT2D eigenvalue weighted by Crippen LogP contribution is 2.33. The topological polar surface area (TPSA) is 0 Å². The maximum absolute atomic E-state index is 2.36. The average Bonchev–Trinajstić information content (AvgIpc) is 2.33. The summed E-state index contributed by atoms with van der Waals surface area (Å²) in [4.78, 5) is 0. The minimum Gasteiger partial charge on any atom is -0.0879 e. The predicted molar refractivity (Wildman–Crippen MR) is 39.1 cm³/mol. The van der Waals surface area contributed by atoms with E-state index in [0.717, 1.165) is 11.8 Å². The lowest BCUT2D eigenvalue weighted by molar-refractivity contribution is 0.437. The Kier molecular flexibility index (Phi) is 1.18. The summed E-state index contributed by atoms with van der Waals surface area (Å²) in [5.41, 5.74) is 0. The lowest BCUT2D eigenvalue weighted by atomic mass is 9.87. The van der Waals surface area contributed by atoms with Crippen LogP contribution in [0.3, 0.4) is 0 Å². The molecule has 0 aromatic carbocycles. The summed E-state index contributed by atoms with van der Waals surface area (Å²) in [6.45, 7) is 0. The fraction of sp³-hybridized carbons (Fsp3) is 0.556. The van der Waals surface area contributed by atoms with E-state index in [2.05, 4.69) is 24.3 Å². The van der Waals surface area contributed by atoms with Gasteiger partial charge in [-0.25, -0.2) is 0 Å². The maximum atomic E-state index is 2.36. The van der Waals surface area contributed by atoms with E-state index in [1.807, 2.05) is 0 Å². The van der Waals surface area contributed by atoms with Crippen molar-refractivity contribution in [1.29, 1.82) is 0 Å². The first kappa shape index (κ1) is 5.28. The second kappa shape index (κ2) is 2.02. The monoisotopic (exact) mass is 120 g/mol. The van der Waals surface area contributed by atoms with Gasteiger partial charge < -0.3 is 0 Å². The number of rotatable bonds is 0. The molecule has 2 unspecified atom stereocenters. The lowest BCUT2D eigenvalue weighted by Gasteiger charge is -2.18. The van der Waals surface area contributed by atoms with Gasteiger partial charge in [0.25, 0.3) is 0 Å². The summed E-state index contributed by atoms with van der Waals surface area (Å²) in [7, 11) is 0. The molecule has 0 bridgehead atoms. The van der Waals surface area contributed by atoms with Gasteiger partial charge in [-0.05, 0) is 31.1 Å². The lowest BCUT2D eigenvalue weighted by Crippen LogP contribution is -2.08. The minimum absolute atomic E-state index is 0.804. The van der Waals surface area contributed by atoms with Crippen molar-refractivity contribution >= 4 is 0 Å². The van der Waals surface area contributed by atoms with Crippen LogP contribution in [0.1, 0.15) is 19.3 Å². The first-order valence-corrected chi connectivity index (χ1v) is 3.80. The summed E-state index contributed by atoms with van der Waals surface area (Å²) in [6, 6.07) is 0. The van der Waals surface area contributed by atoms with E-state index in [0.29, 0.717) is 0 Å². The van der Waals surface area contributed by atoms with E-state index in [1.165, 1.54) is 19.3 Å². The molecule has 0 amide bonds. The van der Waals surface area contributed by atoms with Gasteiger partial charge in [-0.2, -0.15) is 0 Å². The van der Waals surface area contributed by atoms with Gasteiger partial charge in [-0.3, -0.25) is 0 Å². The van der Waals surface area contributed by atoms with Crippen molar-refractivity contribution in [2.75, 3.05) is 0 Å². The van der Waals surface area contributed by atoms with Crippen LogP contribution >= 0.6 is 0 Å². The molecule has 0 aliphatic heterocycles. The number of hydrogen-bond donors (Lipinski definition) is 0. The third-order valence-electron chi connectivity index (χ3n) is 2.40. The molecular formula is C9H12. The first-order chi connectivity index (χ1) is 4.47. The van der Waals surface area contributed by atoms with Crippen LogP contribution in [0, 0.1) is 11.8 Å². The Morgan fingerprint density at radius 1 is 1.11 bits per heavy atom. The maximum Gasteiger partial charge on any atom is -0.00221 e. The van der Waals surface area contributed by atoms with Gasteiger partial charge in [0.15, 0.2) is 0 Å². The molecule has 0 saturated heterocycles. The van der Waals surface area contributed by atoms with Gasteiger partial charge >= 0.3 is 0 Å². The molecule has 0 spiro atoms. The van der Waals surface area contributed by atoms with E-state index in [1.54, 1.807) is 0 Å². The van der Waals surface area contributed by atoms with Gasteiger partial charge in [-0.15, -0.1) is 0 Å². The second-order valence-electron chi connectivity index (χ2n) is 3.01. The van der Waals surface area contributed by atoms with Gasteiger partial charge in [0.2, 0.25) is 0 Å². The molecule has 2 aliphatic carbocycles. The van der Waals surface area contributed by atoms with E-state index >= 15 is 0 Å². The highest BCUT2D eigenvalue weighted by atomic mass is 14.3. The highest BCUT2D eigenvalue weighted by Gasteiger charge is 2.21. The summed E-state index contributed by atoms with van der Waals surface area (Å²) < 4.78 is 0. The van der Waals surface area contributed by atoms with Crippen molar-refractivity contribution in [1.82, 2.24) is 0 Å². The van der Waals surface area contributed by atoms with Gasteiger partial charge in [-0.1, -0.05) is 24.3 Å². The summed E-state index contributed by atoms with van der Waals surface area (Å²) in [6.07, 6.45) is 13.4. The summed E-state index contributed by atoms with van der Waals surface area (Å²) in [5, 5.41) is 0. The standard InChI is InChI=1S/C9H12/c1-2-5-9-7-3-6-8(9)4-1/h1,3-4,6,8-9H,2,5,7H2. The molecule has 0 saturated carbocycles. The first-order valence-electron chi connectivity index (χ1n) is 3.80. The molecule has 2 atom stereocenters. The Labute approximate surface area is 56.3 Å². The van der Waals surface area contributed by atoms with Crippen LogP contribution in [0.4, 0.5) is 0 Å². The Hall–Kier alpha value is -0.520. The van der Waals surface area contributed by atoms with Crippen LogP contribution < -0.4 is 0 Å². The number of hydrogen-bond acceptors (Lipinski definition) is 0. The van der Waals surface area contributed by atoms with Crippen molar-refractivity contribution < 1.29 is 0 Å². The van der Waals surface area contributed by atoms with Gasteiger partial charge in [0.05, 0.1) is 0 Å². The Bertz CT molecular complexity index is 153. The quantitative estimate of drug-likeness (QED) is 0.431.